The summed E-state index contributed by atoms with van der Waals surface area (Å²) in [7, 11) is 0. The Hall–Kier alpha value is -0.580. The van der Waals surface area contributed by atoms with Gasteiger partial charge in [0.15, 0.2) is 0 Å². The lowest BCUT2D eigenvalue weighted by atomic mass is 10.2. The fourth-order valence-electron chi connectivity index (χ4n) is 1.43. The molecular formula is C13H10Br2ClNO. The van der Waals surface area contributed by atoms with Crippen LogP contribution in [0, 0.1) is 6.92 Å². The molecule has 0 spiro atoms. The second kappa shape index (κ2) is 6.04. The molecule has 0 saturated heterocycles. The molecule has 0 aliphatic rings. The van der Waals surface area contributed by atoms with Gasteiger partial charge in [0.05, 0.1) is 10.4 Å². The second-order valence-electron chi connectivity index (χ2n) is 3.74. The van der Waals surface area contributed by atoms with E-state index >= 15 is 0 Å². The van der Waals surface area contributed by atoms with Crippen LogP contribution in [-0.2, 0) is 5.88 Å². The summed E-state index contributed by atoms with van der Waals surface area (Å²) < 4.78 is 7.75. The largest absolute Gasteiger partial charge is 0.456 e. The fraction of sp³-hybridized carbons (Fsp3) is 0.154. The molecule has 0 fully saturated rings. The molecule has 5 heteroatoms. The van der Waals surface area contributed by atoms with Gasteiger partial charge in [-0.05, 0) is 41.1 Å². The van der Waals surface area contributed by atoms with Gasteiger partial charge in [-0.1, -0.05) is 15.9 Å². The molecule has 0 amide bonds. The van der Waals surface area contributed by atoms with E-state index in [2.05, 4.69) is 36.8 Å². The molecule has 1 aromatic heterocycles. The van der Waals surface area contributed by atoms with Crippen LogP contribution in [-0.4, -0.2) is 4.98 Å². The predicted molar refractivity (Wildman–Crippen MR) is 80.4 cm³/mol. The first kappa shape index (κ1) is 13.8. The number of rotatable bonds is 3. The fourth-order valence-corrected chi connectivity index (χ4v) is 2.76. The summed E-state index contributed by atoms with van der Waals surface area (Å²) in [6.45, 7) is 1.92. The van der Waals surface area contributed by atoms with Gasteiger partial charge in [-0.25, -0.2) is 0 Å². The van der Waals surface area contributed by atoms with Crippen molar-refractivity contribution in [1.82, 2.24) is 4.98 Å². The zero-order valence-corrected chi connectivity index (χ0v) is 13.5. The van der Waals surface area contributed by atoms with Crippen LogP contribution in [0.4, 0.5) is 0 Å². The molecule has 0 bridgehead atoms. The van der Waals surface area contributed by atoms with E-state index in [0.717, 1.165) is 31.7 Å². The van der Waals surface area contributed by atoms with Gasteiger partial charge in [-0.3, -0.25) is 4.98 Å². The van der Waals surface area contributed by atoms with E-state index in [1.807, 2.05) is 31.2 Å². The average Bonchev–Trinajstić information content (AvgIpc) is 2.33. The number of hydrogen-bond acceptors (Lipinski definition) is 2. The Morgan fingerprint density at radius 3 is 2.67 bits per heavy atom. The van der Waals surface area contributed by atoms with E-state index in [1.165, 1.54) is 0 Å². The SMILES string of the molecule is Cc1cc(Oc2ccc(Br)cc2Br)c(CCl)cn1. The summed E-state index contributed by atoms with van der Waals surface area (Å²) in [5.74, 6) is 1.85. The molecule has 0 saturated carbocycles. The third kappa shape index (κ3) is 3.25. The van der Waals surface area contributed by atoms with Crippen LogP contribution in [0.2, 0.25) is 0 Å². The smallest absolute Gasteiger partial charge is 0.141 e. The number of nitrogens with zero attached hydrogens (tertiary/aromatic N) is 1. The minimum atomic E-state index is 0.372. The van der Waals surface area contributed by atoms with E-state index in [-0.39, 0.29) is 0 Å². The van der Waals surface area contributed by atoms with Crippen molar-refractivity contribution in [3.8, 4) is 11.5 Å². The van der Waals surface area contributed by atoms with E-state index < -0.39 is 0 Å². The average molecular weight is 391 g/mol. The maximum Gasteiger partial charge on any atom is 0.141 e. The van der Waals surface area contributed by atoms with Crippen molar-refractivity contribution in [2.24, 2.45) is 0 Å². The number of halogens is 3. The van der Waals surface area contributed by atoms with Crippen LogP contribution in [0.5, 0.6) is 11.5 Å². The number of ether oxygens (including phenoxy) is 1. The first-order valence-corrected chi connectivity index (χ1v) is 7.36. The quantitative estimate of drug-likeness (QED) is 0.650. The summed E-state index contributed by atoms with van der Waals surface area (Å²) in [4.78, 5) is 4.21. The molecule has 0 aliphatic carbocycles. The van der Waals surface area contributed by atoms with Crippen molar-refractivity contribution in [3.63, 3.8) is 0 Å². The van der Waals surface area contributed by atoms with Crippen molar-refractivity contribution in [3.05, 3.63) is 50.7 Å². The highest BCUT2D eigenvalue weighted by Crippen LogP contribution is 2.33. The maximum absolute atomic E-state index is 5.88. The highest BCUT2D eigenvalue weighted by atomic mass is 79.9. The third-order valence-corrected chi connectivity index (χ3v) is 3.74. The minimum absolute atomic E-state index is 0.372. The maximum atomic E-state index is 5.88. The Morgan fingerprint density at radius 1 is 1.22 bits per heavy atom. The van der Waals surface area contributed by atoms with Gasteiger partial charge in [0.1, 0.15) is 11.5 Å². The molecule has 94 valence electrons. The first-order chi connectivity index (χ1) is 8.60. The molecule has 1 heterocycles. The molecule has 1 aromatic carbocycles. The van der Waals surface area contributed by atoms with E-state index in [1.54, 1.807) is 6.20 Å². The number of aromatic nitrogens is 1. The van der Waals surface area contributed by atoms with Crippen molar-refractivity contribution in [2.45, 2.75) is 12.8 Å². The standard InChI is InChI=1S/C13H10Br2ClNO/c1-8-4-13(9(6-16)7-17-8)18-12-3-2-10(14)5-11(12)15/h2-5,7H,6H2,1H3. The summed E-state index contributed by atoms with van der Waals surface area (Å²) in [5, 5.41) is 0. The van der Waals surface area contributed by atoms with E-state index in [9.17, 15) is 0 Å². The van der Waals surface area contributed by atoms with E-state index in [4.69, 9.17) is 16.3 Å². The van der Waals surface area contributed by atoms with Crippen LogP contribution in [0.25, 0.3) is 0 Å². The topological polar surface area (TPSA) is 22.1 Å². The Kier molecular flexibility index (Phi) is 4.65. The number of alkyl halides is 1. The Bertz CT molecular complexity index is 575. The second-order valence-corrected chi connectivity index (χ2v) is 5.78. The van der Waals surface area contributed by atoms with Crippen LogP contribution in [0.3, 0.4) is 0 Å². The Labute approximate surface area is 128 Å². The van der Waals surface area contributed by atoms with Gasteiger partial charge in [0.25, 0.3) is 0 Å². The van der Waals surface area contributed by atoms with Crippen molar-refractivity contribution < 1.29 is 4.74 Å². The van der Waals surface area contributed by atoms with Gasteiger partial charge >= 0.3 is 0 Å². The first-order valence-electron chi connectivity index (χ1n) is 5.24. The van der Waals surface area contributed by atoms with Gasteiger partial charge in [-0.2, -0.15) is 0 Å². The molecule has 18 heavy (non-hydrogen) atoms. The lowest BCUT2D eigenvalue weighted by Crippen LogP contribution is -1.93. The molecule has 0 radical (unpaired) electrons. The number of aryl methyl sites for hydroxylation is 1. The lowest BCUT2D eigenvalue weighted by molar-refractivity contribution is 0.474. The Balaban J connectivity index is 2.36. The van der Waals surface area contributed by atoms with Crippen LogP contribution >= 0.6 is 43.5 Å². The third-order valence-electron chi connectivity index (χ3n) is 2.34. The molecule has 2 rings (SSSR count). The highest BCUT2D eigenvalue weighted by molar-refractivity contribution is 9.11. The lowest BCUT2D eigenvalue weighted by Gasteiger charge is -2.11. The van der Waals surface area contributed by atoms with Gasteiger partial charge in [-0.15, -0.1) is 11.6 Å². The monoisotopic (exact) mass is 389 g/mol. The van der Waals surface area contributed by atoms with Crippen LogP contribution in [0.15, 0.2) is 39.4 Å². The molecule has 0 N–H and O–H groups in total. The molecule has 2 aromatic rings. The van der Waals surface area contributed by atoms with Crippen LogP contribution in [0.1, 0.15) is 11.3 Å². The van der Waals surface area contributed by atoms with E-state index in [0.29, 0.717) is 5.88 Å². The molecule has 0 atom stereocenters. The number of hydrogen-bond donors (Lipinski definition) is 0. The molecule has 0 aliphatic heterocycles. The number of benzene rings is 1. The summed E-state index contributed by atoms with van der Waals surface area (Å²) in [6.07, 6.45) is 1.74. The highest BCUT2D eigenvalue weighted by Gasteiger charge is 2.08. The zero-order chi connectivity index (χ0) is 13.1. The predicted octanol–water partition coefficient (Wildman–Crippen LogP) is 5.45. The van der Waals surface area contributed by atoms with Crippen molar-refractivity contribution in [1.29, 1.82) is 0 Å². The van der Waals surface area contributed by atoms with Crippen LogP contribution < -0.4 is 4.74 Å². The summed E-state index contributed by atoms with van der Waals surface area (Å²) in [5.41, 5.74) is 1.77. The Morgan fingerprint density at radius 2 is 2.00 bits per heavy atom. The van der Waals surface area contributed by atoms with Gasteiger partial charge < -0.3 is 4.74 Å². The number of pyridine rings is 1. The van der Waals surface area contributed by atoms with Gasteiger partial charge in [0, 0.05) is 28.0 Å². The van der Waals surface area contributed by atoms with Crippen molar-refractivity contribution in [2.75, 3.05) is 0 Å². The van der Waals surface area contributed by atoms with Crippen molar-refractivity contribution >= 4 is 43.5 Å². The van der Waals surface area contributed by atoms with Gasteiger partial charge in [0.2, 0.25) is 0 Å². The molecule has 0 unspecified atom stereocenters. The molecular weight excluding hydrogens is 381 g/mol. The summed E-state index contributed by atoms with van der Waals surface area (Å²) in [6, 6.07) is 7.63. The molecule has 2 nitrogen and oxygen atoms in total. The summed E-state index contributed by atoms with van der Waals surface area (Å²) >= 11 is 12.7. The minimum Gasteiger partial charge on any atom is -0.456 e. The zero-order valence-electron chi connectivity index (χ0n) is 9.58. The normalized spacial score (nSPS) is 10.4.